The molecule has 0 aliphatic rings. The van der Waals surface area contributed by atoms with Crippen LogP contribution in [0.4, 0.5) is 0 Å². The normalized spacial score (nSPS) is 12.8. The second kappa shape index (κ2) is 7.71. The Hall–Kier alpha value is -0.650. The molecule has 1 aromatic heterocycles. The number of halogens is 1. The van der Waals surface area contributed by atoms with Gasteiger partial charge in [0.15, 0.2) is 0 Å². The first kappa shape index (κ1) is 15.4. The Bertz CT molecular complexity index is 371. The quantitative estimate of drug-likeness (QED) is 0.837. The zero-order valence-electron chi connectivity index (χ0n) is 11.5. The van der Waals surface area contributed by atoms with Gasteiger partial charge in [0.2, 0.25) is 5.88 Å². The van der Waals surface area contributed by atoms with E-state index in [1.54, 1.807) is 6.20 Å². The summed E-state index contributed by atoms with van der Waals surface area (Å²) >= 11 is 3.44. The Balaban J connectivity index is 2.73. The lowest BCUT2D eigenvalue weighted by Crippen LogP contribution is -2.28. The third kappa shape index (κ3) is 5.33. The standard InChI is InChI=1S/C13H22BrN3O/c1-5-15-7-11-6-12(14)8-16-13(11)18-10(2)9-17(3)4/h6,8,10,15H,5,7,9H2,1-4H3. The molecule has 1 atom stereocenters. The van der Waals surface area contributed by atoms with Gasteiger partial charge in [-0.05, 0) is 49.6 Å². The molecule has 0 bridgehead atoms. The van der Waals surface area contributed by atoms with Crippen molar-refractivity contribution in [1.82, 2.24) is 15.2 Å². The molecule has 0 aromatic carbocycles. The highest BCUT2D eigenvalue weighted by Crippen LogP contribution is 2.21. The number of nitrogens with one attached hydrogen (secondary N) is 1. The van der Waals surface area contributed by atoms with E-state index in [1.165, 1.54) is 0 Å². The number of pyridine rings is 1. The number of hydrogen-bond donors (Lipinski definition) is 1. The molecule has 0 saturated heterocycles. The summed E-state index contributed by atoms with van der Waals surface area (Å²) in [6.45, 7) is 6.71. The minimum Gasteiger partial charge on any atom is -0.473 e. The van der Waals surface area contributed by atoms with Crippen LogP contribution < -0.4 is 10.1 Å². The van der Waals surface area contributed by atoms with E-state index >= 15 is 0 Å². The summed E-state index contributed by atoms with van der Waals surface area (Å²) in [4.78, 5) is 6.46. The highest BCUT2D eigenvalue weighted by Gasteiger charge is 2.11. The fourth-order valence-corrected chi connectivity index (χ4v) is 2.08. The Kier molecular flexibility index (Phi) is 6.60. The summed E-state index contributed by atoms with van der Waals surface area (Å²) in [6, 6.07) is 2.05. The average molecular weight is 316 g/mol. The molecule has 0 radical (unpaired) electrons. The molecule has 1 N–H and O–H groups in total. The fraction of sp³-hybridized carbons (Fsp3) is 0.615. The lowest BCUT2D eigenvalue weighted by Gasteiger charge is -2.19. The van der Waals surface area contributed by atoms with Gasteiger partial charge in [-0.15, -0.1) is 0 Å². The summed E-state index contributed by atoms with van der Waals surface area (Å²) in [6.07, 6.45) is 1.89. The Labute approximate surface area is 118 Å². The van der Waals surface area contributed by atoms with Crippen LogP contribution in [0, 0.1) is 0 Å². The SMILES string of the molecule is CCNCc1cc(Br)cnc1OC(C)CN(C)C. The molecular weight excluding hydrogens is 294 g/mol. The van der Waals surface area contributed by atoms with Gasteiger partial charge in [0, 0.05) is 29.3 Å². The molecule has 1 heterocycles. The van der Waals surface area contributed by atoms with Crippen LogP contribution in [0.2, 0.25) is 0 Å². The van der Waals surface area contributed by atoms with E-state index in [0.29, 0.717) is 5.88 Å². The smallest absolute Gasteiger partial charge is 0.218 e. The van der Waals surface area contributed by atoms with E-state index in [2.05, 4.69) is 45.0 Å². The van der Waals surface area contributed by atoms with E-state index in [0.717, 1.165) is 29.7 Å². The molecule has 1 rings (SSSR count). The van der Waals surface area contributed by atoms with E-state index in [9.17, 15) is 0 Å². The van der Waals surface area contributed by atoms with Gasteiger partial charge in [0.25, 0.3) is 0 Å². The highest BCUT2D eigenvalue weighted by molar-refractivity contribution is 9.10. The van der Waals surface area contributed by atoms with Crippen LogP contribution in [0.25, 0.3) is 0 Å². The predicted octanol–water partition coefficient (Wildman–Crippen LogP) is 2.28. The summed E-state index contributed by atoms with van der Waals surface area (Å²) in [5, 5.41) is 3.29. The van der Waals surface area contributed by atoms with Crippen LogP contribution in [-0.2, 0) is 6.54 Å². The summed E-state index contributed by atoms with van der Waals surface area (Å²) < 4.78 is 6.87. The Morgan fingerprint density at radius 3 is 2.83 bits per heavy atom. The predicted molar refractivity (Wildman–Crippen MR) is 78.0 cm³/mol. The topological polar surface area (TPSA) is 37.4 Å². The molecule has 0 amide bonds. The van der Waals surface area contributed by atoms with Crippen molar-refractivity contribution in [2.24, 2.45) is 0 Å². The van der Waals surface area contributed by atoms with Crippen LogP contribution in [0.1, 0.15) is 19.4 Å². The number of nitrogens with zero attached hydrogens (tertiary/aromatic N) is 2. The first-order chi connectivity index (χ1) is 8.52. The van der Waals surface area contributed by atoms with Gasteiger partial charge in [0.05, 0.1) is 0 Å². The first-order valence-electron chi connectivity index (χ1n) is 6.19. The maximum Gasteiger partial charge on any atom is 0.218 e. The third-order valence-corrected chi connectivity index (χ3v) is 2.83. The lowest BCUT2D eigenvalue weighted by atomic mass is 10.2. The molecule has 102 valence electrons. The minimum absolute atomic E-state index is 0.119. The van der Waals surface area contributed by atoms with E-state index < -0.39 is 0 Å². The number of likely N-dealkylation sites (N-methyl/N-ethyl adjacent to an activating group) is 1. The number of aromatic nitrogens is 1. The van der Waals surface area contributed by atoms with Crippen molar-refractivity contribution >= 4 is 15.9 Å². The molecule has 1 unspecified atom stereocenters. The monoisotopic (exact) mass is 315 g/mol. The van der Waals surface area contributed by atoms with Gasteiger partial charge in [-0.25, -0.2) is 4.98 Å². The molecule has 18 heavy (non-hydrogen) atoms. The van der Waals surface area contributed by atoms with Gasteiger partial charge < -0.3 is 15.0 Å². The molecule has 0 fully saturated rings. The molecule has 0 aliphatic carbocycles. The number of ether oxygens (including phenoxy) is 1. The Morgan fingerprint density at radius 2 is 2.22 bits per heavy atom. The van der Waals surface area contributed by atoms with Gasteiger partial charge >= 0.3 is 0 Å². The molecule has 0 spiro atoms. The van der Waals surface area contributed by atoms with Crippen molar-refractivity contribution in [2.75, 3.05) is 27.2 Å². The van der Waals surface area contributed by atoms with Crippen molar-refractivity contribution in [3.63, 3.8) is 0 Å². The van der Waals surface area contributed by atoms with E-state index in [1.807, 2.05) is 20.2 Å². The fourth-order valence-electron chi connectivity index (χ4n) is 1.70. The second-order valence-electron chi connectivity index (χ2n) is 4.59. The maximum absolute atomic E-state index is 5.89. The first-order valence-corrected chi connectivity index (χ1v) is 6.98. The molecular formula is C13H22BrN3O. The zero-order valence-corrected chi connectivity index (χ0v) is 13.1. The second-order valence-corrected chi connectivity index (χ2v) is 5.50. The molecule has 0 saturated carbocycles. The molecule has 0 aliphatic heterocycles. The van der Waals surface area contributed by atoms with Crippen LogP contribution in [0.5, 0.6) is 5.88 Å². The largest absolute Gasteiger partial charge is 0.473 e. The third-order valence-electron chi connectivity index (χ3n) is 2.39. The van der Waals surface area contributed by atoms with Crippen molar-refractivity contribution in [3.8, 4) is 5.88 Å². The lowest BCUT2D eigenvalue weighted by molar-refractivity contribution is 0.168. The molecule has 5 heteroatoms. The van der Waals surface area contributed by atoms with Gasteiger partial charge in [-0.2, -0.15) is 0 Å². The van der Waals surface area contributed by atoms with Gasteiger partial charge in [-0.3, -0.25) is 0 Å². The van der Waals surface area contributed by atoms with Crippen molar-refractivity contribution < 1.29 is 4.74 Å². The molecule has 4 nitrogen and oxygen atoms in total. The summed E-state index contributed by atoms with van der Waals surface area (Å²) in [7, 11) is 4.07. The van der Waals surface area contributed by atoms with Gasteiger partial charge in [-0.1, -0.05) is 6.92 Å². The average Bonchev–Trinajstić information content (AvgIpc) is 2.28. The molecule has 1 aromatic rings. The maximum atomic E-state index is 5.89. The number of rotatable bonds is 7. The van der Waals surface area contributed by atoms with Crippen LogP contribution >= 0.6 is 15.9 Å². The number of hydrogen-bond acceptors (Lipinski definition) is 4. The summed E-state index contributed by atoms with van der Waals surface area (Å²) in [5.74, 6) is 0.716. The van der Waals surface area contributed by atoms with Crippen LogP contribution in [0.15, 0.2) is 16.7 Å². The minimum atomic E-state index is 0.119. The zero-order chi connectivity index (χ0) is 13.5. The van der Waals surface area contributed by atoms with Crippen LogP contribution in [0.3, 0.4) is 0 Å². The highest BCUT2D eigenvalue weighted by atomic mass is 79.9. The van der Waals surface area contributed by atoms with Crippen molar-refractivity contribution in [1.29, 1.82) is 0 Å². The van der Waals surface area contributed by atoms with Crippen LogP contribution in [-0.4, -0.2) is 43.2 Å². The van der Waals surface area contributed by atoms with Crippen molar-refractivity contribution in [3.05, 3.63) is 22.3 Å². The van der Waals surface area contributed by atoms with Crippen molar-refractivity contribution in [2.45, 2.75) is 26.5 Å². The summed E-state index contributed by atoms with van der Waals surface area (Å²) in [5.41, 5.74) is 1.08. The van der Waals surface area contributed by atoms with Gasteiger partial charge in [0.1, 0.15) is 6.10 Å². The Morgan fingerprint density at radius 1 is 1.50 bits per heavy atom. The van der Waals surface area contributed by atoms with E-state index in [-0.39, 0.29) is 6.10 Å². The van der Waals surface area contributed by atoms with E-state index in [4.69, 9.17) is 4.74 Å².